The lowest BCUT2D eigenvalue weighted by Crippen LogP contribution is -2.34. The highest BCUT2D eigenvalue weighted by Crippen LogP contribution is 2.34. The first kappa shape index (κ1) is 12.7. The summed E-state index contributed by atoms with van der Waals surface area (Å²) < 4.78 is 41.7. The summed E-state index contributed by atoms with van der Waals surface area (Å²) >= 11 is 1.67. The van der Waals surface area contributed by atoms with Crippen molar-refractivity contribution in [3.63, 3.8) is 0 Å². The monoisotopic (exact) mass is 267 g/mol. The van der Waals surface area contributed by atoms with Crippen LogP contribution in [0.3, 0.4) is 0 Å². The van der Waals surface area contributed by atoms with E-state index in [1.807, 2.05) is 6.92 Å². The molecule has 0 aliphatic carbocycles. The molecule has 0 saturated carbocycles. The maximum absolute atomic E-state index is 12.3. The highest BCUT2D eigenvalue weighted by molar-refractivity contribution is 7.99. The van der Waals surface area contributed by atoms with Gasteiger partial charge in [0.15, 0.2) is 0 Å². The SMILES string of the molecule is CCNC1CSCC1c1nc(C(F)(F)F)no1. The number of likely N-dealkylation sites (N-methyl/N-ethyl adjacent to an activating group) is 1. The number of nitrogens with zero attached hydrogens (tertiary/aromatic N) is 2. The highest BCUT2D eigenvalue weighted by Gasteiger charge is 2.40. The molecule has 4 nitrogen and oxygen atoms in total. The van der Waals surface area contributed by atoms with E-state index in [9.17, 15) is 13.2 Å². The second kappa shape index (κ2) is 4.85. The van der Waals surface area contributed by atoms with E-state index >= 15 is 0 Å². The second-order valence-corrected chi connectivity index (χ2v) is 4.84. The van der Waals surface area contributed by atoms with Gasteiger partial charge in [0, 0.05) is 17.5 Å². The standard InChI is InChI=1S/C9H12F3N3OS/c1-2-13-6-4-17-3-5(6)7-14-8(15-16-7)9(10,11)12/h5-6,13H,2-4H2,1H3. The van der Waals surface area contributed by atoms with E-state index < -0.39 is 12.0 Å². The Bertz CT molecular complexity index is 382. The first-order valence-electron chi connectivity index (χ1n) is 5.24. The van der Waals surface area contributed by atoms with Crippen LogP contribution in [0.5, 0.6) is 0 Å². The molecule has 1 fully saturated rings. The van der Waals surface area contributed by atoms with Gasteiger partial charge in [0.1, 0.15) is 0 Å². The van der Waals surface area contributed by atoms with Gasteiger partial charge in [-0.1, -0.05) is 12.1 Å². The summed E-state index contributed by atoms with van der Waals surface area (Å²) in [5.74, 6) is 0.302. The number of aromatic nitrogens is 2. The Morgan fingerprint density at radius 2 is 2.24 bits per heavy atom. The molecule has 1 N–H and O–H groups in total. The normalized spacial score (nSPS) is 25.4. The number of hydrogen-bond donors (Lipinski definition) is 1. The fourth-order valence-electron chi connectivity index (χ4n) is 1.76. The van der Waals surface area contributed by atoms with Crippen LogP contribution in [0.2, 0.25) is 0 Å². The van der Waals surface area contributed by atoms with Gasteiger partial charge in [0.2, 0.25) is 5.89 Å². The predicted octanol–water partition coefficient (Wildman–Crippen LogP) is 1.90. The smallest absolute Gasteiger partial charge is 0.339 e. The molecule has 0 spiro atoms. The topological polar surface area (TPSA) is 51.0 Å². The van der Waals surface area contributed by atoms with Crippen molar-refractivity contribution in [3.05, 3.63) is 11.7 Å². The van der Waals surface area contributed by atoms with E-state index in [0.717, 1.165) is 12.3 Å². The van der Waals surface area contributed by atoms with Gasteiger partial charge in [0.05, 0.1) is 5.92 Å². The van der Waals surface area contributed by atoms with Gasteiger partial charge in [-0.25, -0.2) is 0 Å². The fourth-order valence-corrected chi connectivity index (χ4v) is 3.13. The van der Waals surface area contributed by atoms with Crippen LogP contribution in [0.4, 0.5) is 13.2 Å². The Morgan fingerprint density at radius 3 is 2.82 bits per heavy atom. The lowest BCUT2D eigenvalue weighted by molar-refractivity contribution is -0.146. The van der Waals surface area contributed by atoms with Gasteiger partial charge in [-0.05, 0) is 6.54 Å². The third-order valence-electron chi connectivity index (χ3n) is 2.56. The molecule has 2 unspecified atom stereocenters. The van der Waals surface area contributed by atoms with Gasteiger partial charge in [0.25, 0.3) is 5.82 Å². The summed E-state index contributed by atoms with van der Waals surface area (Å²) in [6.45, 7) is 2.72. The number of halogens is 3. The van der Waals surface area contributed by atoms with Crippen LogP contribution >= 0.6 is 11.8 Å². The molecule has 0 bridgehead atoms. The summed E-state index contributed by atoms with van der Waals surface area (Å²) in [4.78, 5) is 3.44. The van der Waals surface area contributed by atoms with Crippen molar-refractivity contribution in [2.24, 2.45) is 0 Å². The van der Waals surface area contributed by atoms with Crippen molar-refractivity contribution in [3.8, 4) is 0 Å². The van der Waals surface area contributed by atoms with E-state index in [2.05, 4.69) is 15.5 Å². The number of thioether (sulfide) groups is 1. The Balaban J connectivity index is 2.14. The first-order valence-corrected chi connectivity index (χ1v) is 6.39. The summed E-state index contributed by atoms with van der Waals surface area (Å²) in [6.07, 6.45) is -4.54. The van der Waals surface area contributed by atoms with Crippen LogP contribution < -0.4 is 5.32 Å². The molecule has 2 rings (SSSR count). The molecule has 2 heterocycles. The summed E-state index contributed by atoms with van der Waals surface area (Å²) in [7, 11) is 0. The number of rotatable bonds is 3. The minimum Gasteiger partial charge on any atom is -0.339 e. The van der Waals surface area contributed by atoms with Crippen LogP contribution in [0.1, 0.15) is 24.6 Å². The summed E-state index contributed by atoms with van der Waals surface area (Å²) in [5, 5.41) is 6.19. The molecule has 1 aromatic heterocycles. The zero-order chi connectivity index (χ0) is 12.5. The predicted molar refractivity (Wildman–Crippen MR) is 56.8 cm³/mol. The molecule has 1 aliphatic rings. The van der Waals surface area contributed by atoms with Gasteiger partial charge in [-0.15, -0.1) is 0 Å². The summed E-state index contributed by atoms with van der Waals surface area (Å²) in [5.41, 5.74) is 0. The maximum Gasteiger partial charge on any atom is 0.455 e. The minimum atomic E-state index is -4.54. The largest absolute Gasteiger partial charge is 0.455 e. The molecule has 0 radical (unpaired) electrons. The molecule has 1 aliphatic heterocycles. The van der Waals surface area contributed by atoms with Gasteiger partial charge >= 0.3 is 6.18 Å². The van der Waals surface area contributed by atoms with Gasteiger partial charge in [-0.2, -0.15) is 29.9 Å². The molecule has 96 valence electrons. The van der Waals surface area contributed by atoms with Crippen molar-refractivity contribution >= 4 is 11.8 Å². The molecule has 0 aromatic carbocycles. The molecule has 2 atom stereocenters. The first-order chi connectivity index (χ1) is 8.02. The van der Waals surface area contributed by atoms with Crippen molar-refractivity contribution in [2.45, 2.75) is 25.1 Å². The van der Waals surface area contributed by atoms with Crippen LogP contribution in [0.15, 0.2) is 4.52 Å². The van der Waals surface area contributed by atoms with E-state index in [1.54, 1.807) is 11.8 Å². The van der Waals surface area contributed by atoms with Gasteiger partial charge < -0.3 is 9.84 Å². The Labute approximate surface area is 100 Å². The van der Waals surface area contributed by atoms with Crippen LogP contribution in [-0.4, -0.2) is 34.2 Å². The Kier molecular flexibility index (Phi) is 3.62. The van der Waals surface area contributed by atoms with Crippen molar-refractivity contribution < 1.29 is 17.7 Å². The van der Waals surface area contributed by atoms with E-state index in [-0.39, 0.29) is 17.9 Å². The summed E-state index contributed by atoms with van der Waals surface area (Å²) in [6, 6.07) is 0.103. The number of nitrogens with one attached hydrogen (secondary N) is 1. The van der Waals surface area contributed by atoms with E-state index in [1.165, 1.54) is 0 Å². The van der Waals surface area contributed by atoms with Gasteiger partial charge in [-0.3, -0.25) is 0 Å². The zero-order valence-corrected chi connectivity index (χ0v) is 9.94. The van der Waals surface area contributed by atoms with Crippen molar-refractivity contribution in [1.82, 2.24) is 15.5 Å². The average Bonchev–Trinajstić information content (AvgIpc) is 2.82. The Hall–Kier alpha value is -0.760. The van der Waals surface area contributed by atoms with Crippen molar-refractivity contribution in [2.75, 3.05) is 18.1 Å². The molecule has 1 saturated heterocycles. The van der Waals surface area contributed by atoms with E-state index in [0.29, 0.717) is 5.75 Å². The third-order valence-corrected chi connectivity index (χ3v) is 3.75. The van der Waals surface area contributed by atoms with Crippen LogP contribution in [0, 0.1) is 0 Å². The maximum atomic E-state index is 12.3. The lowest BCUT2D eigenvalue weighted by Gasteiger charge is -2.15. The van der Waals surface area contributed by atoms with E-state index in [4.69, 9.17) is 4.52 Å². The van der Waals surface area contributed by atoms with Crippen LogP contribution in [0.25, 0.3) is 0 Å². The van der Waals surface area contributed by atoms with Crippen molar-refractivity contribution in [1.29, 1.82) is 0 Å². The fraction of sp³-hybridized carbons (Fsp3) is 0.778. The molecular formula is C9H12F3N3OS. The molecule has 0 amide bonds. The molecule has 8 heteroatoms. The number of hydrogen-bond acceptors (Lipinski definition) is 5. The van der Waals surface area contributed by atoms with Crippen LogP contribution in [-0.2, 0) is 6.18 Å². The highest BCUT2D eigenvalue weighted by atomic mass is 32.2. The molecular weight excluding hydrogens is 255 g/mol. The molecule has 17 heavy (non-hydrogen) atoms. The quantitative estimate of drug-likeness (QED) is 0.906. The second-order valence-electron chi connectivity index (χ2n) is 3.76. The molecule has 1 aromatic rings. The number of alkyl halides is 3. The average molecular weight is 267 g/mol. The lowest BCUT2D eigenvalue weighted by atomic mass is 10.0. The minimum absolute atomic E-state index is 0.0771. The Morgan fingerprint density at radius 1 is 1.47 bits per heavy atom. The zero-order valence-electron chi connectivity index (χ0n) is 9.12. The third kappa shape index (κ3) is 2.74.